The van der Waals surface area contributed by atoms with Gasteiger partial charge in [0.05, 0.1) is 5.69 Å². The number of hydrogen-bond donors (Lipinski definition) is 0. The van der Waals surface area contributed by atoms with Gasteiger partial charge in [0.25, 0.3) is 0 Å². The number of carboxylic acids is 1. The third-order valence-corrected chi connectivity index (χ3v) is 2.22. The topological polar surface area (TPSA) is 66.2 Å². The third kappa shape index (κ3) is 2.11. The Balaban J connectivity index is 2.34. The van der Waals surface area contributed by atoms with Gasteiger partial charge in [0.1, 0.15) is 5.76 Å². The number of nitrogens with zero attached hydrogens (tertiary/aromatic N) is 1. The Bertz CT molecular complexity index is 502. The van der Waals surface area contributed by atoms with Gasteiger partial charge in [0.15, 0.2) is 0 Å². The first-order chi connectivity index (χ1) is 7.66. The highest BCUT2D eigenvalue weighted by atomic mass is 16.4. The van der Waals surface area contributed by atoms with Crippen LogP contribution in [0, 0.1) is 6.92 Å². The van der Waals surface area contributed by atoms with E-state index in [2.05, 4.69) is 4.98 Å². The first-order valence-corrected chi connectivity index (χ1v) is 4.88. The van der Waals surface area contributed by atoms with Gasteiger partial charge in [-0.3, -0.25) is 0 Å². The van der Waals surface area contributed by atoms with E-state index in [0.29, 0.717) is 17.3 Å². The van der Waals surface area contributed by atoms with Crippen molar-refractivity contribution < 1.29 is 14.3 Å². The van der Waals surface area contributed by atoms with E-state index >= 15 is 0 Å². The Kier molecular flexibility index (Phi) is 2.72. The van der Waals surface area contributed by atoms with Gasteiger partial charge < -0.3 is 14.3 Å². The minimum Gasteiger partial charge on any atom is -0.550 e. The maximum absolute atomic E-state index is 10.5. The zero-order chi connectivity index (χ0) is 11.5. The molecule has 0 aliphatic carbocycles. The van der Waals surface area contributed by atoms with Crippen LogP contribution in [0.4, 0.5) is 0 Å². The van der Waals surface area contributed by atoms with Crippen LogP contribution >= 0.6 is 0 Å². The molecule has 82 valence electrons. The van der Waals surface area contributed by atoms with E-state index in [0.717, 1.165) is 5.56 Å². The molecule has 0 N–H and O–H groups in total. The molecular formula is C12H10NO3-. The molecule has 1 aromatic carbocycles. The SMILES string of the molecule is Cc1nc(-c2ccccc2)oc1CC(=O)[O-]. The zero-order valence-electron chi connectivity index (χ0n) is 8.77. The van der Waals surface area contributed by atoms with Crippen LogP contribution in [0.2, 0.25) is 0 Å². The van der Waals surface area contributed by atoms with E-state index in [9.17, 15) is 9.90 Å². The standard InChI is InChI=1S/C12H11NO3/c1-8-10(7-11(14)15)16-12(13-8)9-5-3-2-4-6-9/h2-6H,7H2,1H3,(H,14,15)/p-1. The lowest BCUT2D eigenvalue weighted by Crippen LogP contribution is -2.24. The van der Waals surface area contributed by atoms with E-state index in [1.807, 2.05) is 30.3 Å². The van der Waals surface area contributed by atoms with Gasteiger partial charge in [-0.1, -0.05) is 18.2 Å². The summed E-state index contributed by atoms with van der Waals surface area (Å²) in [6.07, 6.45) is -0.244. The maximum Gasteiger partial charge on any atom is 0.226 e. The van der Waals surface area contributed by atoms with Crippen molar-refractivity contribution in [1.29, 1.82) is 0 Å². The summed E-state index contributed by atoms with van der Waals surface area (Å²) in [7, 11) is 0. The minimum absolute atomic E-state index is 0.244. The second kappa shape index (κ2) is 4.18. The quantitative estimate of drug-likeness (QED) is 0.765. The van der Waals surface area contributed by atoms with Crippen molar-refractivity contribution in [3.05, 3.63) is 41.8 Å². The fourth-order valence-electron chi connectivity index (χ4n) is 1.43. The second-order valence-corrected chi connectivity index (χ2v) is 3.44. The summed E-state index contributed by atoms with van der Waals surface area (Å²) in [6.45, 7) is 1.72. The van der Waals surface area contributed by atoms with Crippen LogP contribution in [-0.4, -0.2) is 11.0 Å². The molecule has 4 heteroatoms. The first kappa shape index (κ1) is 10.4. The van der Waals surface area contributed by atoms with E-state index in [1.54, 1.807) is 6.92 Å². The molecule has 2 rings (SSSR count). The molecule has 0 amide bonds. The van der Waals surface area contributed by atoms with Crippen LogP contribution in [0.3, 0.4) is 0 Å². The van der Waals surface area contributed by atoms with Crippen molar-refractivity contribution in [2.45, 2.75) is 13.3 Å². The fourth-order valence-corrected chi connectivity index (χ4v) is 1.43. The highest BCUT2D eigenvalue weighted by Crippen LogP contribution is 2.21. The smallest absolute Gasteiger partial charge is 0.226 e. The number of hydrogen-bond acceptors (Lipinski definition) is 4. The Morgan fingerprint density at radius 3 is 2.69 bits per heavy atom. The zero-order valence-corrected chi connectivity index (χ0v) is 8.77. The molecule has 0 bridgehead atoms. The summed E-state index contributed by atoms with van der Waals surface area (Å²) >= 11 is 0. The molecule has 0 saturated carbocycles. The molecule has 1 aromatic heterocycles. The molecule has 0 aliphatic heterocycles. The number of carbonyl (C=O) groups excluding carboxylic acids is 1. The molecule has 0 aliphatic rings. The largest absolute Gasteiger partial charge is 0.550 e. The highest BCUT2D eigenvalue weighted by molar-refractivity contribution is 5.67. The monoisotopic (exact) mass is 216 g/mol. The van der Waals surface area contributed by atoms with Crippen LogP contribution in [-0.2, 0) is 11.2 Å². The number of aliphatic carboxylic acids is 1. The molecular weight excluding hydrogens is 206 g/mol. The summed E-state index contributed by atoms with van der Waals surface area (Å²) in [5, 5.41) is 10.5. The van der Waals surface area contributed by atoms with Crippen LogP contribution < -0.4 is 5.11 Å². The molecule has 0 atom stereocenters. The summed E-state index contributed by atoms with van der Waals surface area (Å²) in [5.74, 6) is -0.382. The molecule has 0 fully saturated rings. The maximum atomic E-state index is 10.5. The number of carboxylic acid groups (broad SMARTS) is 1. The number of benzene rings is 1. The van der Waals surface area contributed by atoms with Crippen molar-refractivity contribution in [2.75, 3.05) is 0 Å². The van der Waals surface area contributed by atoms with Gasteiger partial charge in [-0.15, -0.1) is 0 Å². The van der Waals surface area contributed by atoms with E-state index in [4.69, 9.17) is 4.42 Å². The van der Waals surface area contributed by atoms with Crippen molar-refractivity contribution in [2.24, 2.45) is 0 Å². The average Bonchev–Trinajstić information content (AvgIpc) is 2.61. The molecule has 2 aromatic rings. The Labute approximate surface area is 92.6 Å². The summed E-state index contributed by atoms with van der Waals surface area (Å²) in [6, 6.07) is 9.34. The molecule has 0 radical (unpaired) electrons. The lowest BCUT2D eigenvalue weighted by molar-refractivity contribution is -0.305. The number of aryl methyl sites for hydroxylation is 1. The van der Waals surface area contributed by atoms with Crippen LogP contribution in [0.15, 0.2) is 34.7 Å². The van der Waals surface area contributed by atoms with Crippen LogP contribution in [0.1, 0.15) is 11.5 Å². The van der Waals surface area contributed by atoms with Crippen molar-refractivity contribution in [3.63, 3.8) is 0 Å². The molecule has 16 heavy (non-hydrogen) atoms. The predicted molar refractivity (Wildman–Crippen MR) is 55.4 cm³/mol. The molecule has 0 spiro atoms. The van der Waals surface area contributed by atoms with Crippen molar-refractivity contribution in [3.8, 4) is 11.5 Å². The number of carbonyl (C=O) groups is 1. The van der Waals surface area contributed by atoms with E-state index in [-0.39, 0.29) is 6.42 Å². The molecule has 1 heterocycles. The Hall–Kier alpha value is -2.10. The van der Waals surface area contributed by atoms with Crippen molar-refractivity contribution in [1.82, 2.24) is 4.98 Å². The van der Waals surface area contributed by atoms with Gasteiger partial charge in [0.2, 0.25) is 5.89 Å². The molecule has 0 saturated heterocycles. The minimum atomic E-state index is -1.17. The van der Waals surface area contributed by atoms with Gasteiger partial charge >= 0.3 is 0 Å². The summed E-state index contributed by atoms with van der Waals surface area (Å²) in [4.78, 5) is 14.6. The average molecular weight is 216 g/mol. The summed E-state index contributed by atoms with van der Waals surface area (Å²) < 4.78 is 5.38. The van der Waals surface area contributed by atoms with Gasteiger partial charge in [-0.25, -0.2) is 4.98 Å². The molecule has 4 nitrogen and oxygen atoms in total. The van der Waals surface area contributed by atoms with Gasteiger partial charge in [-0.2, -0.15) is 0 Å². The lowest BCUT2D eigenvalue weighted by Gasteiger charge is -1.97. The molecule has 0 unspecified atom stereocenters. The van der Waals surface area contributed by atoms with Gasteiger partial charge in [-0.05, 0) is 19.1 Å². The first-order valence-electron chi connectivity index (χ1n) is 4.88. The second-order valence-electron chi connectivity index (χ2n) is 3.44. The van der Waals surface area contributed by atoms with Gasteiger partial charge in [0, 0.05) is 18.0 Å². The lowest BCUT2D eigenvalue weighted by atomic mass is 10.2. The van der Waals surface area contributed by atoms with Crippen LogP contribution in [0.25, 0.3) is 11.5 Å². The van der Waals surface area contributed by atoms with Crippen molar-refractivity contribution >= 4 is 5.97 Å². The van der Waals surface area contributed by atoms with E-state index in [1.165, 1.54) is 0 Å². The van der Waals surface area contributed by atoms with E-state index < -0.39 is 5.97 Å². The highest BCUT2D eigenvalue weighted by Gasteiger charge is 2.10. The predicted octanol–water partition coefficient (Wildman–Crippen LogP) is 0.942. The normalized spacial score (nSPS) is 10.3. The summed E-state index contributed by atoms with van der Waals surface area (Å²) in [5.41, 5.74) is 1.42. The number of oxazole rings is 1. The fraction of sp³-hybridized carbons (Fsp3) is 0.167. The Morgan fingerprint density at radius 2 is 2.06 bits per heavy atom. The third-order valence-electron chi connectivity index (χ3n) is 2.22. The number of rotatable bonds is 3. The Morgan fingerprint density at radius 1 is 1.38 bits per heavy atom. The van der Waals surface area contributed by atoms with Crippen LogP contribution in [0.5, 0.6) is 0 Å². The number of aromatic nitrogens is 1.